The van der Waals surface area contributed by atoms with Crippen LogP contribution in [0.1, 0.15) is 31.2 Å². The van der Waals surface area contributed by atoms with Gasteiger partial charge in [0.2, 0.25) is 5.28 Å². The summed E-state index contributed by atoms with van der Waals surface area (Å²) in [5.41, 5.74) is 1.12. The van der Waals surface area contributed by atoms with Crippen LogP contribution in [-0.4, -0.2) is 9.97 Å². The van der Waals surface area contributed by atoms with Gasteiger partial charge in [0.1, 0.15) is 11.8 Å². The monoisotopic (exact) mass is 181 g/mol. The van der Waals surface area contributed by atoms with Crippen LogP contribution in [0, 0.1) is 11.3 Å². The summed E-state index contributed by atoms with van der Waals surface area (Å²) in [6.45, 7) is 3.97. The smallest absolute Gasteiger partial charge is 0.223 e. The number of aromatic nitrogens is 2. The molecule has 0 spiro atoms. The summed E-state index contributed by atoms with van der Waals surface area (Å²) in [6, 6.07) is 3.58. The standard InChI is InChI=1S/C8H8ClN3/c1-5(2)7-3-6(4-10)11-8(9)12-7/h3,5H,1-2H3. The molecule has 0 unspecified atom stereocenters. The van der Waals surface area contributed by atoms with Crippen molar-refractivity contribution in [2.45, 2.75) is 19.8 Å². The molecule has 0 aromatic carbocycles. The van der Waals surface area contributed by atoms with Gasteiger partial charge in [-0.3, -0.25) is 0 Å². The second-order valence-electron chi connectivity index (χ2n) is 2.71. The van der Waals surface area contributed by atoms with Gasteiger partial charge >= 0.3 is 0 Å². The van der Waals surface area contributed by atoms with Crippen LogP contribution in [0.4, 0.5) is 0 Å². The maximum atomic E-state index is 8.57. The molecule has 1 heterocycles. The lowest BCUT2D eigenvalue weighted by Crippen LogP contribution is -1.96. The molecule has 1 aromatic rings. The lowest BCUT2D eigenvalue weighted by molar-refractivity contribution is 0.812. The van der Waals surface area contributed by atoms with E-state index in [9.17, 15) is 0 Å². The van der Waals surface area contributed by atoms with Crippen LogP contribution in [0.2, 0.25) is 5.28 Å². The van der Waals surface area contributed by atoms with Crippen LogP contribution in [0.5, 0.6) is 0 Å². The number of hydrogen-bond acceptors (Lipinski definition) is 3. The van der Waals surface area contributed by atoms with E-state index in [2.05, 4.69) is 9.97 Å². The van der Waals surface area contributed by atoms with Crippen LogP contribution in [0.3, 0.4) is 0 Å². The zero-order valence-electron chi connectivity index (χ0n) is 6.87. The largest absolute Gasteiger partial charge is 0.223 e. The first-order chi connectivity index (χ1) is 5.63. The van der Waals surface area contributed by atoms with Gasteiger partial charge in [0.25, 0.3) is 0 Å². The fourth-order valence-corrected chi connectivity index (χ4v) is 0.977. The molecule has 0 bridgehead atoms. The van der Waals surface area contributed by atoms with Crippen LogP contribution < -0.4 is 0 Å². The van der Waals surface area contributed by atoms with Crippen molar-refractivity contribution < 1.29 is 0 Å². The van der Waals surface area contributed by atoms with Gasteiger partial charge < -0.3 is 0 Å². The number of nitrogens with zero attached hydrogens (tertiary/aromatic N) is 3. The Morgan fingerprint density at radius 2 is 2.17 bits per heavy atom. The Balaban J connectivity index is 3.17. The molecule has 0 saturated carbocycles. The second-order valence-corrected chi connectivity index (χ2v) is 3.05. The molecule has 0 amide bonds. The molecule has 0 N–H and O–H groups in total. The van der Waals surface area contributed by atoms with Crippen LogP contribution in [0.15, 0.2) is 6.07 Å². The minimum absolute atomic E-state index is 0.137. The highest BCUT2D eigenvalue weighted by atomic mass is 35.5. The molecule has 4 heteroatoms. The summed E-state index contributed by atoms with van der Waals surface area (Å²) in [4.78, 5) is 7.71. The van der Waals surface area contributed by atoms with E-state index in [0.717, 1.165) is 5.69 Å². The maximum Gasteiger partial charge on any atom is 0.223 e. The van der Waals surface area contributed by atoms with Crippen molar-refractivity contribution >= 4 is 11.6 Å². The van der Waals surface area contributed by atoms with Crippen molar-refractivity contribution in [1.82, 2.24) is 9.97 Å². The van der Waals surface area contributed by atoms with E-state index >= 15 is 0 Å². The van der Waals surface area contributed by atoms with Gasteiger partial charge in [0.15, 0.2) is 0 Å². The highest BCUT2D eigenvalue weighted by molar-refractivity contribution is 6.28. The first-order valence-corrected chi connectivity index (χ1v) is 3.96. The van der Waals surface area contributed by atoms with E-state index in [1.165, 1.54) is 0 Å². The minimum atomic E-state index is 0.137. The third-order valence-electron chi connectivity index (χ3n) is 1.42. The molecule has 0 aliphatic heterocycles. The van der Waals surface area contributed by atoms with Gasteiger partial charge in [-0.15, -0.1) is 0 Å². The second kappa shape index (κ2) is 3.51. The Hall–Kier alpha value is -1.14. The molecule has 0 aliphatic carbocycles. The molecular weight excluding hydrogens is 174 g/mol. The summed E-state index contributed by atoms with van der Waals surface area (Å²) < 4.78 is 0. The Labute approximate surface area is 76.0 Å². The summed E-state index contributed by atoms with van der Waals surface area (Å²) in [6.07, 6.45) is 0. The van der Waals surface area contributed by atoms with E-state index < -0.39 is 0 Å². The van der Waals surface area contributed by atoms with Crippen LogP contribution in [-0.2, 0) is 0 Å². The SMILES string of the molecule is CC(C)c1cc(C#N)nc(Cl)n1. The predicted molar refractivity (Wildman–Crippen MR) is 45.8 cm³/mol. The van der Waals surface area contributed by atoms with Crippen LogP contribution >= 0.6 is 11.6 Å². The van der Waals surface area contributed by atoms with E-state index in [4.69, 9.17) is 16.9 Å². The van der Waals surface area contributed by atoms with Crippen LogP contribution in [0.25, 0.3) is 0 Å². The molecule has 1 rings (SSSR count). The summed E-state index contributed by atoms with van der Waals surface area (Å²) >= 11 is 5.60. The zero-order valence-corrected chi connectivity index (χ0v) is 7.63. The van der Waals surface area contributed by atoms with Gasteiger partial charge in [0, 0.05) is 5.69 Å². The Morgan fingerprint density at radius 3 is 2.67 bits per heavy atom. The van der Waals surface area contributed by atoms with Gasteiger partial charge in [-0.1, -0.05) is 13.8 Å². The summed E-state index contributed by atoms with van der Waals surface area (Å²) in [7, 11) is 0. The van der Waals surface area contributed by atoms with Gasteiger partial charge in [-0.05, 0) is 23.6 Å². The van der Waals surface area contributed by atoms with Crippen molar-refractivity contribution in [2.24, 2.45) is 0 Å². The van der Waals surface area contributed by atoms with Gasteiger partial charge in [0.05, 0.1) is 0 Å². The summed E-state index contributed by atoms with van der Waals surface area (Å²) in [5.74, 6) is 0.262. The first kappa shape index (κ1) is 8.95. The van der Waals surface area contributed by atoms with E-state index in [-0.39, 0.29) is 11.2 Å². The topological polar surface area (TPSA) is 49.6 Å². The highest BCUT2D eigenvalue weighted by Crippen LogP contribution is 2.14. The molecular formula is C8H8ClN3. The molecule has 62 valence electrons. The Bertz CT molecular complexity index is 328. The quantitative estimate of drug-likeness (QED) is 0.624. The average molecular weight is 182 g/mol. The Morgan fingerprint density at radius 1 is 1.50 bits per heavy atom. The molecule has 0 aliphatic rings. The fraction of sp³-hybridized carbons (Fsp3) is 0.375. The number of hydrogen-bond donors (Lipinski definition) is 0. The molecule has 0 saturated heterocycles. The molecule has 1 aromatic heterocycles. The molecule has 0 atom stereocenters. The fourth-order valence-electron chi connectivity index (χ4n) is 0.789. The van der Waals surface area contributed by atoms with Gasteiger partial charge in [-0.25, -0.2) is 9.97 Å². The lowest BCUT2D eigenvalue weighted by Gasteiger charge is -2.03. The van der Waals surface area contributed by atoms with E-state index in [0.29, 0.717) is 5.69 Å². The molecule has 0 radical (unpaired) electrons. The third-order valence-corrected chi connectivity index (χ3v) is 1.59. The number of rotatable bonds is 1. The van der Waals surface area contributed by atoms with Crippen molar-refractivity contribution in [3.8, 4) is 6.07 Å². The van der Waals surface area contributed by atoms with Crippen molar-refractivity contribution in [3.63, 3.8) is 0 Å². The Kier molecular flexibility index (Phi) is 2.61. The van der Waals surface area contributed by atoms with Crippen molar-refractivity contribution in [1.29, 1.82) is 5.26 Å². The normalized spacial score (nSPS) is 9.92. The lowest BCUT2D eigenvalue weighted by atomic mass is 10.1. The number of halogens is 1. The number of nitriles is 1. The molecule has 0 fully saturated rings. The van der Waals surface area contributed by atoms with Crippen molar-refractivity contribution in [3.05, 3.63) is 22.7 Å². The highest BCUT2D eigenvalue weighted by Gasteiger charge is 2.05. The molecule has 12 heavy (non-hydrogen) atoms. The minimum Gasteiger partial charge on any atom is -0.223 e. The van der Waals surface area contributed by atoms with E-state index in [1.807, 2.05) is 19.9 Å². The third kappa shape index (κ3) is 1.93. The zero-order chi connectivity index (χ0) is 9.14. The van der Waals surface area contributed by atoms with Crippen molar-refractivity contribution in [2.75, 3.05) is 0 Å². The van der Waals surface area contributed by atoms with E-state index in [1.54, 1.807) is 6.07 Å². The maximum absolute atomic E-state index is 8.57. The molecule has 3 nitrogen and oxygen atoms in total. The average Bonchev–Trinajstić information content (AvgIpc) is 2.03. The first-order valence-electron chi connectivity index (χ1n) is 3.58. The van der Waals surface area contributed by atoms with Gasteiger partial charge in [-0.2, -0.15) is 5.26 Å². The predicted octanol–water partition coefficient (Wildman–Crippen LogP) is 2.13. The summed E-state index contributed by atoms with van der Waals surface area (Å²) in [5, 5.41) is 8.71.